The number of thioether (sulfide) groups is 1. The molecule has 1 saturated heterocycles. The van der Waals surface area contributed by atoms with E-state index in [1.807, 2.05) is 0 Å². The van der Waals surface area contributed by atoms with Crippen LogP contribution in [0.4, 0.5) is 4.39 Å². The number of benzene rings is 1. The molecule has 1 aromatic carbocycles. The summed E-state index contributed by atoms with van der Waals surface area (Å²) in [4.78, 5) is 16.8. The molecule has 128 valence electrons. The number of rotatable bonds is 7. The van der Waals surface area contributed by atoms with E-state index in [-0.39, 0.29) is 17.8 Å². The van der Waals surface area contributed by atoms with Crippen molar-refractivity contribution in [3.05, 3.63) is 52.5 Å². The first-order valence-corrected chi connectivity index (χ1v) is 10.0. The SMILES string of the molecule is O=C(CSc1ccc(F)cc1)NCC(c1cccs1)N1CCCC1. The monoisotopic (exact) mass is 364 g/mol. The van der Waals surface area contributed by atoms with Gasteiger partial charge in [-0.25, -0.2) is 4.39 Å². The van der Waals surface area contributed by atoms with E-state index in [4.69, 9.17) is 0 Å². The third kappa shape index (κ3) is 4.82. The molecule has 3 rings (SSSR count). The molecule has 1 aliphatic rings. The maximum atomic E-state index is 12.9. The fourth-order valence-corrected chi connectivity index (χ4v) is 4.47. The molecule has 0 saturated carbocycles. The lowest BCUT2D eigenvalue weighted by Crippen LogP contribution is -2.37. The van der Waals surface area contributed by atoms with Crippen molar-refractivity contribution in [3.8, 4) is 0 Å². The summed E-state index contributed by atoms with van der Waals surface area (Å²) >= 11 is 3.18. The van der Waals surface area contributed by atoms with Gasteiger partial charge < -0.3 is 5.32 Å². The molecule has 1 amide bonds. The lowest BCUT2D eigenvalue weighted by Gasteiger charge is -2.26. The average molecular weight is 365 g/mol. The molecule has 1 N–H and O–H groups in total. The van der Waals surface area contributed by atoms with E-state index in [1.165, 1.54) is 41.6 Å². The number of thiophene rings is 1. The van der Waals surface area contributed by atoms with Gasteiger partial charge in [0.25, 0.3) is 0 Å². The van der Waals surface area contributed by atoms with Crippen molar-refractivity contribution in [2.24, 2.45) is 0 Å². The van der Waals surface area contributed by atoms with E-state index in [2.05, 4.69) is 27.7 Å². The van der Waals surface area contributed by atoms with E-state index < -0.39 is 0 Å². The summed E-state index contributed by atoms with van der Waals surface area (Å²) in [5.74, 6) is 0.112. The number of halogens is 1. The molecule has 1 aromatic heterocycles. The van der Waals surface area contributed by atoms with E-state index in [9.17, 15) is 9.18 Å². The molecular weight excluding hydrogens is 343 g/mol. The molecule has 1 fully saturated rings. The van der Waals surface area contributed by atoms with Crippen molar-refractivity contribution in [2.45, 2.75) is 23.8 Å². The Bertz CT molecular complexity index is 640. The second-order valence-corrected chi connectivity index (χ2v) is 7.85. The van der Waals surface area contributed by atoms with Gasteiger partial charge >= 0.3 is 0 Å². The highest BCUT2D eigenvalue weighted by Crippen LogP contribution is 2.28. The van der Waals surface area contributed by atoms with Crippen LogP contribution < -0.4 is 5.32 Å². The highest BCUT2D eigenvalue weighted by atomic mass is 32.2. The van der Waals surface area contributed by atoms with Gasteiger partial charge in [-0.1, -0.05) is 6.07 Å². The number of carbonyl (C=O) groups is 1. The molecule has 1 atom stereocenters. The Hall–Kier alpha value is -1.37. The summed E-state index contributed by atoms with van der Waals surface area (Å²) in [6.07, 6.45) is 2.46. The van der Waals surface area contributed by atoms with Crippen LogP contribution in [0, 0.1) is 5.82 Å². The third-order valence-electron chi connectivity index (χ3n) is 4.13. The molecule has 24 heavy (non-hydrogen) atoms. The number of hydrogen-bond donors (Lipinski definition) is 1. The van der Waals surface area contributed by atoms with Crippen LogP contribution in [0.3, 0.4) is 0 Å². The average Bonchev–Trinajstić information content (AvgIpc) is 3.29. The van der Waals surface area contributed by atoms with Crippen molar-refractivity contribution >= 4 is 29.0 Å². The number of nitrogens with one attached hydrogen (secondary N) is 1. The lowest BCUT2D eigenvalue weighted by molar-refractivity contribution is -0.118. The first kappa shape index (κ1) is 17.5. The van der Waals surface area contributed by atoms with Gasteiger partial charge in [-0.05, 0) is 61.6 Å². The van der Waals surface area contributed by atoms with Crippen LogP contribution in [0.5, 0.6) is 0 Å². The van der Waals surface area contributed by atoms with Crippen molar-refractivity contribution in [1.29, 1.82) is 0 Å². The van der Waals surface area contributed by atoms with Crippen LogP contribution in [0.1, 0.15) is 23.8 Å². The molecule has 0 aliphatic carbocycles. The largest absolute Gasteiger partial charge is 0.353 e. The maximum absolute atomic E-state index is 12.9. The molecule has 1 aliphatic heterocycles. The Kier molecular flexibility index (Phi) is 6.29. The van der Waals surface area contributed by atoms with Gasteiger partial charge in [0.1, 0.15) is 5.82 Å². The zero-order chi connectivity index (χ0) is 16.8. The van der Waals surface area contributed by atoms with Gasteiger partial charge in [0, 0.05) is 16.3 Å². The number of nitrogens with zero attached hydrogens (tertiary/aromatic N) is 1. The molecule has 1 unspecified atom stereocenters. The minimum Gasteiger partial charge on any atom is -0.353 e. The smallest absolute Gasteiger partial charge is 0.230 e. The maximum Gasteiger partial charge on any atom is 0.230 e. The number of likely N-dealkylation sites (tertiary alicyclic amines) is 1. The Morgan fingerprint density at radius 3 is 2.67 bits per heavy atom. The molecule has 0 bridgehead atoms. The number of carbonyl (C=O) groups excluding carboxylic acids is 1. The van der Waals surface area contributed by atoms with Crippen molar-refractivity contribution in [3.63, 3.8) is 0 Å². The highest BCUT2D eigenvalue weighted by molar-refractivity contribution is 8.00. The Morgan fingerprint density at radius 1 is 1.25 bits per heavy atom. The normalized spacial score (nSPS) is 16.2. The van der Waals surface area contributed by atoms with Crippen molar-refractivity contribution in [1.82, 2.24) is 10.2 Å². The lowest BCUT2D eigenvalue weighted by atomic mass is 10.2. The second kappa shape index (κ2) is 8.65. The van der Waals surface area contributed by atoms with Crippen LogP contribution in [0.25, 0.3) is 0 Å². The molecule has 0 radical (unpaired) electrons. The third-order valence-corrected chi connectivity index (χ3v) is 6.11. The van der Waals surface area contributed by atoms with Crippen LogP contribution in [0.15, 0.2) is 46.7 Å². The Balaban J connectivity index is 1.50. The Morgan fingerprint density at radius 2 is 2.00 bits per heavy atom. The predicted molar refractivity (Wildman–Crippen MR) is 98.0 cm³/mol. The van der Waals surface area contributed by atoms with Gasteiger partial charge in [0.15, 0.2) is 0 Å². The zero-order valence-electron chi connectivity index (χ0n) is 13.4. The van der Waals surface area contributed by atoms with Crippen LogP contribution in [0.2, 0.25) is 0 Å². The van der Waals surface area contributed by atoms with E-state index in [1.54, 1.807) is 23.5 Å². The number of amides is 1. The fourth-order valence-electron chi connectivity index (χ4n) is 2.89. The summed E-state index contributed by atoms with van der Waals surface area (Å²) in [6.45, 7) is 2.84. The van der Waals surface area contributed by atoms with E-state index in [0.717, 1.165) is 18.0 Å². The first-order chi connectivity index (χ1) is 11.7. The van der Waals surface area contributed by atoms with Gasteiger partial charge in [-0.3, -0.25) is 9.69 Å². The Labute approximate surface area is 150 Å². The first-order valence-electron chi connectivity index (χ1n) is 8.15. The summed E-state index contributed by atoms with van der Waals surface area (Å²) in [6, 6.07) is 10.7. The zero-order valence-corrected chi connectivity index (χ0v) is 15.0. The topological polar surface area (TPSA) is 32.3 Å². The predicted octanol–water partition coefficient (Wildman–Crippen LogP) is 3.93. The fraction of sp³-hybridized carbons (Fsp3) is 0.389. The molecule has 2 heterocycles. The summed E-state index contributed by atoms with van der Waals surface area (Å²) < 4.78 is 12.9. The van der Waals surface area contributed by atoms with Crippen molar-refractivity contribution < 1.29 is 9.18 Å². The minimum atomic E-state index is -0.256. The highest BCUT2D eigenvalue weighted by Gasteiger charge is 2.24. The minimum absolute atomic E-state index is 0.0186. The van der Waals surface area contributed by atoms with Crippen LogP contribution in [-0.4, -0.2) is 36.2 Å². The second-order valence-electron chi connectivity index (χ2n) is 5.82. The van der Waals surface area contributed by atoms with Gasteiger partial charge in [-0.15, -0.1) is 23.1 Å². The van der Waals surface area contributed by atoms with Gasteiger partial charge in [0.2, 0.25) is 5.91 Å². The standard InChI is InChI=1S/C18H21FN2OS2/c19-14-5-7-15(8-6-14)24-13-18(22)20-12-16(17-4-3-11-23-17)21-9-1-2-10-21/h3-8,11,16H,1-2,9-10,12-13H2,(H,20,22). The van der Waals surface area contributed by atoms with Gasteiger partial charge in [-0.2, -0.15) is 0 Å². The van der Waals surface area contributed by atoms with E-state index >= 15 is 0 Å². The summed E-state index contributed by atoms with van der Waals surface area (Å²) in [5.41, 5.74) is 0. The van der Waals surface area contributed by atoms with Crippen LogP contribution in [-0.2, 0) is 4.79 Å². The number of hydrogen-bond acceptors (Lipinski definition) is 4. The molecule has 0 spiro atoms. The summed E-state index contributed by atoms with van der Waals surface area (Å²) in [7, 11) is 0. The van der Waals surface area contributed by atoms with E-state index in [0.29, 0.717) is 12.3 Å². The molecule has 6 heteroatoms. The van der Waals surface area contributed by atoms with Crippen molar-refractivity contribution in [2.75, 3.05) is 25.4 Å². The quantitative estimate of drug-likeness (QED) is 0.756. The molecular formula is C18H21FN2OS2. The molecule has 3 nitrogen and oxygen atoms in total. The van der Waals surface area contributed by atoms with Gasteiger partial charge in [0.05, 0.1) is 11.8 Å². The summed E-state index contributed by atoms with van der Waals surface area (Å²) in [5, 5.41) is 5.15. The van der Waals surface area contributed by atoms with Crippen LogP contribution >= 0.6 is 23.1 Å². The molecule has 2 aromatic rings.